The van der Waals surface area contributed by atoms with Crippen molar-refractivity contribution in [1.29, 1.82) is 0 Å². The predicted octanol–water partition coefficient (Wildman–Crippen LogP) is 0.843. The molecule has 0 radical (unpaired) electrons. The third kappa shape index (κ3) is 1.57. The third-order valence-corrected chi connectivity index (χ3v) is 2.40. The van der Waals surface area contributed by atoms with Crippen LogP contribution in [0.5, 0.6) is 0 Å². The smallest absolute Gasteiger partial charge is 0.346 e. The Bertz CT molecular complexity index is 386. The Kier molecular flexibility index (Phi) is 2.52. The van der Waals surface area contributed by atoms with Crippen molar-refractivity contribution in [2.24, 2.45) is 0 Å². The van der Waals surface area contributed by atoms with E-state index in [1.54, 1.807) is 0 Å². The summed E-state index contributed by atoms with van der Waals surface area (Å²) in [5.41, 5.74) is -1.17. The van der Waals surface area contributed by atoms with Crippen LogP contribution in [0.4, 0.5) is 0 Å². The van der Waals surface area contributed by atoms with Gasteiger partial charge in [-0.1, -0.05) is 0 Å². The second-order valence-corrected chi connectivity index (χ2v) is 3.15. The van der Waals surface area contributed by atoms with Crippen LogP contribution < -0.4 is 0 Å². The van der Waals surface area contributed by atoms with Gasteiger partial charge in [0.25, 0.3) is 0 Å². The van der Waals surface area contributed by atoms with Gasteiger partial charge in [0, 0.05) is 5.38 Å². The second kappa shape index (κ2) is 3.46. The Morgan fingerprint density at radius 1 is 1.00 bits per heavy atom. The van der Waals surface area contributed by atoms with Crippen molar-refractivity contribution in [2.45, 2.75) is 0 Å². The van der Waals surface area contributed by atoms with E-state index in [4.69, 9.17) is 15.3 Å². The number of carbonyl (C=O) groups is 3. The maximum absolute atomic E-state index is 10.6. The van der Waals surface area contributed by atoms with Crippen molar-refractivity contribution in [3.63, 3.8) is 0 Å². The maximum Gasteiger partial charge on any atom is 0.346 e. The van der Waals surface area contributed by atoms with Crippen LogP contribution in [0.3, 0.4) is 0 Å². The fraction of sp³-hybridized carbons (Fsp3) is 0. The zero-order valence-corrected chi connectivity index (χ0v) is 7.37. The lowest BCUT2D eigenvalue weighted by atomic mass is 10.1. The molecule has 0 aliphatic rings. The van der Waals surface area contributed by atoms with Crippen molar-refractivity contribution >= 4 is 29.2 Å². The van der Waals surface area contributed by atoms with Gasteiger partial charge < -0.3 is 15.3 Å². The van der Waals surface area contributed by atoms with Gasteiger partial charge in [-0.25, -0.2) is 14.4 Å². The molecule has 0 amide bonds. The van der Waals surface area contributed by atoms with Gasteiger partial charge in [0.1, 0.15) is 4.88 Å². The summed E-state index contributed by atoms with van der Waals surface area (Å²) in [6, 6.07) is 0. The fourth-order valence-corrected chi connectivity index (χ4v) is 1.76. The average Bonchev–Trinajstić information content (AvgIpc) is 2.46. The van der Waals surface area contributed by atoms with Crippen LogP contribution in [0.1, 0.15) is 30.4 Å². The molecule has 0 fully saturated rings. The number of rotatable bonds is 3. The zero-order chi connectivity index (χ0) is 10.9. The highest BCUT2D eigenvalue weighted by Gasteiger charge is 2.26. The lowest BCUT2D eigenvalue weighted by molar-refractivity contribution is 0.0637. The van der Waals surface area contributed by atoms with Gasteiger partial charge in [0.2, 0.25) is 0 Å². The summed E-state index contributed by atoms with van der Waals surface area (Å²) in [4.78, 5) is 31.1. The minimum Gasteiger partial charge on any atom is -0.478 e. The first-order valence-electron chi connectivity index (χ1n) is 3.26. The van der Waals surface area contributed by atoms with Gasteiger partial charge in [-0.2, -0.15) is 0 Å². The van der Waals surface area contributed by atoms with E-state index in [9.17, 15) is 14.4 Å². The molecule has 1 aromatic heterocycles. The number of carboxylic acids is 3. The molecule has 1 heterocycles. The predicted molar refractivity (Wildman–Crippen MR) is 45.2 cm³/mol. The molecule has 0 saturated heterocycles. The van der Waals surface area contributed by atoms with Crippen LogP contribution in [0, 0.1) is 0 Å². The monoisotopic (exact) mass is 216 g/mol. The van der Waals surface area contributed by atoms with Crippen LogP contribution in [0.25, 0.3) is 0 Å². The van der Waals surface area contributed by atoms with Gasteiger partial charge in [0.15, 0.2) is 0 Å². The zero-order valence-electron chi connectivity index (χ0n) is 6.55. The summed E-state index contributed by atoms with van der Waals surface area (Å²) in [6.07, 6.45) is 0. The molecule has 0 aliphatic carbocycles. The van der Waals surface area contributed by atoms with Gasteiger partial charge in [0.05, 0.1) is 11.1 Å². The van der Waals surface area contributed by atoms with Crippen LogP contribution in [0.15, 0.2) is 5.38 Å². The molecule has 74 valence electrons. The average molecular weight is 216 g/mol. The van der Waals surface area contributed by atoms with E-state index in [0.29, 0.717) is 11.3 Å². The highest BCUT2D eigenvalue weighted by molar-refractivity contribution is 7.12. The highest BCUT2D eigenvalue weighted by Crippen LogP contribution is 2.22. The van der Waals surface area contributed by atoms with Gasteiger partial charge in [-0.05, 0) is 0 Å². The summed E-state index contributed by atoms with van der Waals surface area (Å²) in [7, 11) is 0. The van der Waals surface area contributed by atoms with Gasteiger partial charge in [-0.3, -0.25) is 0 Å². The van der Waals surface area contributed by atoms with E-state index in [-0.39, 0.29) is 0 Å². The number of carboxylic acid groups (broad SMARTS) is 3. The van der Waals surface area contributed by atoms with Crippen molar-refractivity contribution in [3.05, 3.63) is 21.4 Å². The highest BCUT2D eigenvalue weighted by atomic mass is 32.1. The topological polar surface area (TPSA) is 112 Å². The molecule has 1 rings (SSSR count). The van der Waals surface area contributed by atoms with Crippen molar-refractivity contribution in [1.82, 2.24) is 0 Å². The van der Waals surface area contributed by atoms with Crippen molar-refractivity contribution in [2.75, 3.05) is 0 Å². The molecule has 0 saturated carbocycles. The van der Waals surface area contributed by atoms with Crippen molar-refractivity contribution in [3.8, 4) is 0 Å². The van der Waals surface area contributed by atoms with E-state index in [2.05, 4.69) is 0 Å². The van der Waals surface area contributed by atoms with E-state index >= 15 is 0 Å². The van der Waals surface area contributed by atoms with Crippen LogP contribution in [-0.2, 0) is 0 Å². The van der Waals surface area contributed by atoms with E-state index in [0.717, 1.165) is 5.38 Å². The maximum atomic E-state index is 10.6. The number of thiophene rings is 1. The quantitative estimate of drug-likeness (QED) is 0.690. The molecule has 0 aliphatic heterocycles. The number of hydrogen-bond donors (Lipinski definition) is 3. The lowest BCUT2D eigenvalue weighted by Crippen LogP contribution is -2.09. The lowest BCUT2D eigenvalue weighted by Gasteiger charge is -1.94. The van der Waals surface area contributed by atoms with Gasteiger partial charge in [-0.15, -0.1) is 11.3 Å². The molecule has 14 heavy (non-hydrogen) atoms. The van der Waals surface area contributed by atoms with Crippen LogP contribution in [0.2, 0.25) is 0 Å². The summed E-state index contributed by atoms with van der Waals surface area (Å²) in [5.74, 6) is -4.45. The van der Waals surface area contributed by atoms with E-state index < -0.39 is 33.9 Å². The van der Waals surface area contributed by atoms with E-state index in [1.807, 2.05) is 0 Å². The molecule has 0 aromatic carbocycles. The first-order valence-corrected chi connectivity index (χ1v) is 4.14. The van der Waals surface area contributed by atoms with Gasteiger partial charge >= 0.3 is 17.9 Å². The number of hydrogen-bond acceptors (Lipinski definition) is 4. The minimum absolute atomic E-state index is 0.477. The molecule has 1 aromatic rings. The molecular formula is C7H4O6S. The molecule has 0 bridgehead atoms. The van der Waals surface area contributed by atoms with Crippen LogP contribution in [-0.4, -0.2) is 33.2 Å². The van der Waals surface area contributed by atoms with Crippen molar-refractivity contribution < 1.29 is 29.7 Å². The number of aromatic carboxylic acids is 3. The molecule has 3 N–H and O–H groups in total. The summed E-state index contributed by atoms with van der Waals surface area (Å²) < 4.78 is 0. The third-order valence-electron chi connectivity index (χ3n) is 1.43. The first kappa shape index (κ1) is 10.2. The Labute approximate surface area is 81.0 Å². The van der Waals surface area contributed by atoms with Crippen LogP contribution >= 0.6 is 11.3 Å². The summed E-state index contributed by atoms with van der Waals surface area (Å²) in [6.45, 7) is 0. The Hall–Kier alpha value is -1.89. The summed E-state index contributed by atoms with van der Waals surface area (Å²) in [5, 5.41) is 26.7. The normalized spacial score (nSPS) is 9.71. The minimum atomic E-state index is -1.55. The van der Waals surface area contributed by atoms with E-state index in [1.165, 1.54) is 0 Å². The molecule has 7 heteroatoms. The first-order chi connectivity index (χ1) is 6.45. The largest absolute Gasteiger partial charge is 0.478 e. The standard InChI is InChI=1S/C7H4O6S/c8-5(9)2-1-14-4(7(12)13)3(2)6(10)11/h1H,(H,8,9)(H,10,11)(H,12,13). The SMILES string of the molecule is O=C(O)c1csc(C(=O)O)c1C(=O)O. The Morgan fingerprint density at radius 2 is 1.57 bits per heavy atom. The fourth-order valence-electron chi connectivity index (χ4n) is 0.885. The molecular weight excluding hydrogens is 212 g/mol. The summed E-state index contributed by atoms with van der Waals surface area (Å²) >= 11 is 0.580. The molecule has 0 atom stereocenters. The molecule has 0 unspecified atom stereocenters. The molecule has 6 nitrogen and oxygen atoms in total. The Balaban J connectivity index is 3.42. The second-order valence-electron chi connectivity index (χ2n) is 2.27. The Morgan fingerprint density at radius 3 is 1.93 bits per heavy atom. The molecule has 0 spiro atoms.